The number of aryl methyl sites for hydroxylation is 2. The van der Waals surface area contributed by atoms with Crippen molar-refractivity contribution in [1.29, 1.82) is 0 Å². The van der Waals surface area contributed by atoms with E-state index in [1.165, 1.54) is 17.9 Å². The van der Waals surface area contributed by atoms with Crippen LogP contribution in [0.15, 0.2) is 0 Å². The molecule has 1 aliphatic rings. The van der Waals surface area contributed by atoms with Crippen LogP contribution in [0.2, 0.25) is 0 Å². The third-order valence-electron chi connectivity index (χ3n) is 3.62. The van der Waals surface area contributed by atoms with Gasteiger partial charge >= 0.3 is 0 Å². The molecule has 0 saturated carbocycles. The van der Waals surface area contributed by atoms with Crippen molar-refractivity contribution in [2.45, 2.75) is 26.3 Å². The van der Waals surface area contributed by atoms with Gasteiger partial charge in [-0.15, -0.1) is 0 Å². The summed E-state index contributed by atoms with van der Waals surface area (Å²) >= 11 is 7.52. The molecule has 2 aromatic heterocycles. The summed E-state index contributed by atoms with van der Waals surface area (Å²) in [5.74, 6) is 3.30. The predicted molar refractivity (Wildman–Crippen MR) is 78.7 cm³/mol. The Balaban J connectivity index is 2.07. The van der Waals surface area contributed by atoms with Crippen molar-refractivity contribution < 1.29 is 0 Å². The molecular formula is C12H18N4S2. The fraction of sp³-hybridized carbons (Fsp3) is 0.667. The second-order valence-electron chi connectivity index (χ2n) is 4.89. The van der Waals surface area contributed by atoms with Gasteiger partial charge in [0.15, 0.2) is 10.4 Å². The van der Waals surface area contributed by atoms with Crippen molar-refractivity contribution in [3.8, 4) is 0 Å². The van der Waals surface area contributed by atoms with Gasteiger partial charge in [0.2, 0.25) is 0 Å². The summed E-state index contributed by atoms with van der Waals surface area (Å²) in [5, 5.41) is 4.56. The molecule has 0 bridgehead atoms. The lowest BCUT2D eigenvalue weighted by molar-refractivity contribution is 0.491. The average Bonchev–Trinajstić information content (AvgIpc) is 3.01. The van der Waals surface area contributed by atoms with Gasteiger partial charge in [-0.2, -0.15) is 16.9 Å². The number of hydrogen-bond donors (Lipinski definition) is 1. The Labute approximate surface area is 116 Å². The van der Waals surface area contributed by atoms with Crippen LogP contribution < -0.4 is 0 Å². The van der Waals surface area contributed by atoms with E-state index in [9.17, 15) is 0 Å². The zero-order valence-corrected chi connectivity index (χ0v) is 12.4. The molecule has 3 heterocycles. The molecule has 18 heavy (non-hydrogen) atoms. The molecule has 0 aliphatic carbocycles. The lowest BCUT2D eigenvalue weighted by atomic mass is 10.1. The average molecular weight is 282 g/mol. The molecular weight excluding hydrogens is 264 g/mol. The molecule has 0 aromatic carbocycles. The molecule has 3 rings (SSSR count). The first-order valence-corrected chi connectivity index (χ1v) is 7.99. The molecule has 98 valence electrons. The molecule has 2 aromatic rings. The summed E-state index contributed by atoms with van der Waals surface area (Å²) < 4.78 is 5.03. The van der Waals surface area contributed by atoms with Crippen LogP contribution in [-0.4, -0.2) is 30.8 Å². The number of aromatic amines is 1. The molecule has 4 nitrogen and oxygen atoms in total. The number of imidazole rings is 1. The van der Waals surface area contributed by atoms with Crippen molar-refractivity contribution in [2.75, 3.05) is 11.5 Å². The molecule has 1 fully saturated rings. The topological polar surface area (TPSA) is 38.5 Å². The van der Waals surface area contributed by atoms with Gasteiger partial charge in [0.25, 0.3) is 0 Å². The van der Waals surface area contributed by atoms with Gasteiger partial charge in [-0.1, -0.05) is 6.92 Å². The van der Waals surface area contributed by atoms with E-state index in [4.69, 9.17) is 12.2 Å². The highest BCUT2D eigenvalue weighted by molar-refractivity contribution is 7.99. The largest absolute Gasteiger partial charge is 0.328 e. The highest BCUT2D eigenvalue weighted by Gasteiger charge is 2.20. The molecule has 1 unspecified atom stereocenters. The summed E-state index contributed by atoms with van der Waals surface area (Å²) in [7, 11) is 2.00. The van der Waals surface area contributed by atoms with Gasteiger partial charge in [-0.05, 0) is 42.5 Å². The summed E-state index contributed by atoms with van der Waals surface area (Å²) in [6, 6.07) is 0. The Bertz CT molecular complexity index is 616. The van der Waals surface area contributed by atoms with Gasteiger partial charge in [-0.3, -0.25) is 4.68 Å². The Kier molecular flexibility index (Phi) is 3.23. The number of aromatic nitrogens is 4. The Hall–Kier alpha value is -0.750. The SMILES string of the molecule is CCc1nn(C)c2c1[nH]c(=S)n2CC1CCSC1. The number of nitrogens with one attached hydrogen (secondary N) is 1. The minimum Gasteiger partial charge on any atom is -0.328 e. The van der Waals surface area contributed by atoms with Crippen molar-refractivity contribution in [2.24, 2.45) is 13.0 Å². The van der Waals surface area contributed by atoms with Crippen LogP contribution in [-0.2, 0) is 20.0 Å². The number of nitrogens with zero attached hydrogens (tertiary/aromatic N) is 3. The minimum absolute atomic E-state index is 0.751. The normalized spacial score (nSPS) is 20.0. The van der Waals surface area contributed by atoms with Gasteiger partial charge in [-0.25, -0.2) is 0 Å². The summed E-state index contributed by atoms with van der Waals surface area (Å²) in [6.07, 6.45) is 2.24. The van der Waals surface area contributed by atoms with Crippen LogP contribution in [0, 0.1) is 10.7 Å². The van der Waals surface area contributed by atoms with E-state index in [2.05, 4.69) is 21.6 Å². The van der Waals surface area contributed by atoms with Crippen molar-refractivity contribution in [1.82, 2.24) is 19.3 Å². The van der Waals surface area contributed by atoms with Gasteiger partial charge in [0, 0.05) is 13.6 Å². The van der Waals surface area contributed by atoms with Crippen molar-refractivity contribution in [3.05, 3.63) is 10.5 Å². The fourth-order valence-electron chi connectivity index (χ4n) is 2.68. The summed E-state index contributed by atoms with van der Waals surface area (Å²) in [5.41, 5.74) is 3.38. The first kappa shape index (κ1) is 12.3. The molecule has 1 saturated heterocycles. The molecule has 0 radical (unpaired) electrons. The second kappa shape index (κ2) is 4.74. The van der Waals surface area contributed by atoms with E-state index in [0.717, 1.165) is 40.5 Å². The quantitative estimate of drug-likeness (QED) is 0.880. The standard InChI is InChI=1S/C12H18N4S2/c1-3-9-10-11(15(2)14-9)16(12(17)13-10)6-8-4-5-18-7-8/h8H,3-7H2,1-2H3,(H,13,17). The number of rotatable bonds is 3. The molecule has 1 aliphatic heterocycles. The van der Waals surface area contributed by atoms with E-state index in [0.29, 0.717) is 0 Å². The molecule has 0 spiro atoms. The van der Waals surface area contributed by atoms with Crippen molar-refractivity contribution >= 4 is 35.1 Å². The lowest BCUT2D eigenvalue weighted by Crippen LogP contribution is -2.11. The maximum Gasteiger partial charge on any atom is 0.179 e. The molecule has 6 heteroatoms. The molecule has 0 amide bonds. The van der Waals surface area contributed by atoms with Crippen LogP contribution in [0.1, 0.15) is 19.0 Å². The third-order valence-corrected chi connectivity index (χ3v) is 5.18. The minimum atomic E-state index is 0.751. The Morgan fingerprint density at radius 3 is 3.06 bits per heavy atom. The van der Waals surface area contributed by atoms with Gasteiger partial charge in [0.1, 0.15) is 5.52 Å². The van der Waals surface area contributed by atoms with Crippen LogP contribution >= 0.6 is 24.0 Å². The smallest absolute Gasteiger partial charge is 0.179 e. The zero-order valence-electron chi connectivity index (χ0n) is 10.8. The number of H-pyrrole nitrogens is 1. The first-order chi connectivity index (χ1) is 8.70. The number of thioether (sulfide) groups is 1. The lowest BCUT2D eigenvalue weighted by Gasteiger charge is -2.10. The van der Waals surface area contributed by atoms with E-state index < -0.39 is 0 Å². The summed E-state index contributed by atoms with van der Waals surface area (Å²) in [6.45, 7) is 3.15. The maximum absolute atomic E-state index is 5.47. The van der Waals surface area contributed by atoms with E-state index >= 15 is 0 Å². The molecule has 1 atom stereocenters. The first-order valence-electron chi connectivity index (χ1n) is 6.42. The summed E-state index contributed by atoms with van der Waals surface area (Å²) in [4.78, 5) is 3.33. The van der Waals surface area contributed by atoms with Crippen LogP contribution in [0.25, 0.3) is 11.2 Å². The third kappa shape index (κ3) is 1.91. The van der Waals surface area contributed by atoms with Gasteiger partial charge in [0.05, 0.1) is 5.69 Å². The molecule has 1 N–H and O–H groups in total. The number of fused-ring (bicyclic) bond motifs is 1. The maximum atomic E-state index is 5.47. The van der Waals surface area contributed by atoms with E-state index in [-0.39, 0.29) is 0 Å². The zero-order chi connectivity index (χ0) is 12.7. The van der Waals surface area contributed by atoms with Gasteiger partial charge < -0.3 is 9.55 Å². The Morgan fingerprint density at radius 2 is 2.39 bits per heavy atom. The number of hydrogen-bond acceptors (Lipinski definition) is 3. The van der Waals surface area contributed by atoms with Crippen LogP contribution in [0.4, 0.5) is 0 Å². The van der Waals surface area contributed by atoms with E-state index in [1.54, 1.807) is 0 Å². The fourth-order valence-corrected chi connectivity index (χ4v) is 4.22. The van der Waals surface area contributed by atoms with Crippen LogP contribution in [0.3, 0.4) is 0 Å². The predicted octanol–water partition coefficient (Wildman–Crippen LogP) is 2.75. The highest BCUT2D eigenvalue weighted by Crippen LogP contribution is 2.27. The second-order valence-corrected chi connectivity index (χ2v) is 6.43. The highest BCUT2D eigenvalue weighted by atomic mass is 32.2. The van der Waals surface area contributed by atoms with Crippen molar-refractivity contribution in [3.63, 3.8) is 0 Å². The van der Waals surface area contributed by atoms with E-state index in [1.807, 2.05) is 23.5 Å². The Morgan fingerprint density at radius 1 is 1.56 bits per heavy atom. The van der Waals surface area contributed by atoms with Crippen LogP contribution in [0.5, 0.6) is 0 Å². The monoisotopic (exact) mass is 282 g/mol.